The van der Waals surface area contributed by atoms with E-state index in [1.807, 2.05) is 53.4 Å². The van der Waals surface area contributed by atoms with Crippen LogP contribution in [0.5, 0.6) is 11.5 Å². The average Bonchev–Trinajstić information content (AvgIpc) is 3.12. The second kappa shape index (κ2) is 7.92. The quantitative estimate of drug-likeness (QED) is 0.800. The number of hydrogen-bond acceptors (Lipinski definition) is 4. The largest absolute Gasteiger partial charge is 0.486 e. The van der Waals surface area contributed by atoms with Gasteiger partial charge in [0, 0.05) is 32.1 Å². The Morgan fingerprint density at radius 2 is 2.00 bits per heavy atom. The fraction of sp³-hybridized carbons (Fsp3) is 0.364. The van der Waals surface area contributed by atoms with Crippen molar-refractivity contribution in [1.29, 1.82) is 0 Å². The standard InChI is InChI=1S/C22H24N2O4/c1-23(14-18-15-27-19-8-2-3-9-20(19)28-18)22(26)17-7-4-6-16(12-17)13-24-11-5-10-21(24)25/h2-4,6-9,12,18H,5,10-11,13-15H2,1H3/t18-/m1/s1. The molecule has 2 heterocycles. The number of carbonyl (C=O) groups is 2. The minimum absolute atomic E-state index is 0.0722. The first-order valence-corrected chi connectivity index (χ1v) is 9.61. The zero-order valence-corrected chi connectivity index (χ0v) is 16.0. The number of rotatable bonds is 5. The lowest BCUT2D eigenvalue weighted by Crippen LogP contribution is -2.41. The predicted molar refractivity (Wildman–Crippen MR) is 104 cm³/mol. The maximum atomic E-state index is 12.9. The van der Waals surface area contributed by atoms with Gasteiger partial charge >= 0.3 is 0 Å². The lowest BCUT2D eigenvalue weighted by Gasteiger charge is -2.29. The number of likely N-dealkylation sites (N-methyl/N-ethyl adjacent to an activating group) is 1. The highest BCUT2D eigenvalue weighted by Gasteiger charge is 2.25. The minimum atomic E-state index is -0.214. The van der Waals surface area contributed by atoms with E-state index in [1.165, 1.54) is 0 Å². The van der Waals surface area contributed by atoms with Gasteiger partial charge < -0.3 is 19.3 Å². The first kappa shape index (κ1) is 18.3. The molecule has 0 N–H and O–H groups in total. The number of carbonyl (C=O) groups excluding carboxylic acids is 2. The minimum Gasteiger partial charge on any atom is -0.486 e. The Bertz CT molecular complexity index is 882. The molecule has 0 radical (unpaired) electrons. The molecule has 2 aromatic carbocycles. The van der Waals surface area contributed by atoms with E-state index in [4.69, 9.17) is 9.47 Å². The Balaban J connectivity index is 1.39. The Hall–Kier alpha value is -3.02. The molecule has 0 unspecified atom stereocenters. The van der Waals surface area contributed by atoms with Crippen molar-refractivity contribution in [3.63, 3.8) is 0 Å². The van der Waals surface area contributed by atoms with E-state index < -0.39 is 0 Å². The van der Waals surface area contributed by atoms with E-state index in [2.05, 4.69) is 0 Å². The summed E-state index contributed by atoms with van der Waals surface area (Å²) in [5.74, 6) is 1.55. The second-order valence-electron chi connectivity index (χ2n) is 7.30. The van der Waals surface area contributed by atoms with E-state index in [1.54, 1.807) is 11.9 Å². The summed E-state index contributed by atoms with van der Waals surface area (Å²) in [5, 5.41) is 0. The van der Waals surface area contributed by atoms with Crippen molar-refractivity contribution in [3.8, 4) is 11.5 Å². The van der Waals surface area contributed by atoms with Gasteiger partial charge in [0.05, 0.1) is 6.54 Å². The first-order chi connectivity index (χ1) is 13.6. The van der Waals surface area contributed by atoms with Crippen LogP contribution in [0, 0.1) is 0 Å². The van der Waals surface area contributed by atoms with Crippen LogP contribution in [0.15, 0.2) is 48.5 Å². The van der Waals surface area contributed by atoms with Crippen molar-refractivity contribution in [2.24, 2.45) is 0 Å². The fourth-order valence-corrected chi connectivity index (χ4v) is 3.66. The van der Waals surface area contributed by atoms with Gasteiger partial charge in [0.1, 0.15) is 6.61 Å². The summed E-state index contributed by atoms with van der Waals surface area (Å²) in [5.41, 5.74) is 1.59. The van der Waals surface area contributed by atoms with Crippen LogP contribution >= 0.6 is 0 Å². The molecule has 2 aliphatic rings. The Morgan fingerprint density at radius 3 is 2.79 bits per heavy atom. The third-order valence-electron chi connectivity index (χ3n) is 5.11. The molecule has 6 heteroatoms. The molecule has 0 saturated carbocycles. The number of benzene rings is 2. The Kier molecular flexibility index (Phi) is 5.19. The van der Waals surface area contributed by atoms with Gasteiger partial charge in [0.25, 0.3) is 5.91 Å². The van der Waals surface area contributed by atoms with E-state index in [-0.39, 0.29) is 17.9 Å². The number of ether oxygens (including phenoxy) is 2. The van der Waals surface area contributed by atoms with Crippen molar-refractivity contribution < 1.29 is 19.1 Å². The molecular weight excluding hydrogens is 356 g/mol. The maximum Gasteiger partial charge on any atom is 0.253 e. The van der Waals surface area contributed by atoms with Crippen LogP contribution in [0.3, 0.4) is 0 Å². The number of hydrogen-bond donors (Lipinski definition) is 0. The maximum absolute atomic E-state index is 12.9. The highest BCUT2D eigenvalue weighted by molar-refractivity contribution is 5.94. The SMILES string of the molecule is CN(C[C@@H]1COc2ccccc2O1)C(=O)c1cccc(CN2CCCC2=O)c1. The molecule has 1 saturated heterocycles. The Morgan fingerprint density at radius 1 is 1.18 bits per heavy atom. The lowest BCUT2D eigenvalue weighted by molar-refractivity contribution is -0.128. The van der Waals surface area contributed by atoms with Gasteiger partial charge in [0.2, 0.25) is 5.91 Å². The van der Waals surface area contributed by atoms with Gasteiger partial charge in [0.15, 0.2) is 17.6 Å². The molecule has 4 rings (SSSR count). The smallest absolute Gasteiger partial charge is 0.253 e. The summed E-state index contributed by atoms with van der Waals surface area (Å²) in [6.07, 6.45) is 1.31. The van der Waals surface area contributed by atoms with E-state index in [0.29, 0.717) is 37.4 Å². The van der Waals surface area contributed by atoms with Crippen molar-refractivity contribution in [3.05, 3.63) is 59.7 Å². The molecule has 28 heavy (non-hydrogen) atoms. The summed E-state index contributed by atoms with van der Waals surface area (Å²) in [7, 11) is 1.77. The van der Waals surface area contributed by atoms with E-state index >= 15 is 0 Å². The van der Waals surface area contributed by atoms with Gasteiger partial charge in [-0.2, -0.15) is 0 Å². The van der Waals surface area contributed by atoms with Crippen LogP contribution in [-0.4, -0.2) is 54.5 Å². The molecular formula is C22H24N2O4. The molecule has 2 aromatic rings. The van der Waals surface area contributed by atoms with E-state index in [9.17, 15) is 9.59 Å². The zero-order chi connectivity index (χ0) is 19.5. The van der Waals surface area contributed by atoms with Gasteiger partial charge in [-0.25, -0.2) is 0 Å². The van der Waals surface area contributed by atoms with Crippen LogP contribution in [0.1, 0.15) is 28.8 Å². The van der Waals surface area contributed by atoms with Crippen molar-refractivity contribution >= 4 is 11.8 Å². The summed E-state index contributed by atoms with van der Waals surface area (Å²) in [6.45, 7) is 2.19. The fourth-order valence-electron chi connectivity index (χ4n) is 3.66. The zero-order valence-electron chi connectivity index (χ0n) is 16.0. The second-order valence-corrected chi connectivity index (χ2v) is 7.30. The predicted octanol–water partition coefficient (Wildman–Crippen LogP) is 2.72. The van der Waals surface area contributed by atoms with Gasteiger partial charge in [-0.15, -0.1) is 0 Å². The van der Waals surface area contributed by atoms with Crippen LogP contribution < -0.4 is 9.47 Å². The highest BCUT2D eigenvalue weighted by Crippen LogP contribution is 2.31. The van der Waals surface area contributed by atoms with Crippen LogP contribution in [-0.2, 0) is 11.3 Å². The third kappa shape index (κ3) is 3.96. The monoisotopic (exact) mass is 380 g/mol. The molecule has 1 fully saturated rings. The number of likely N-dealkylation sites (tertiary alicyclic amines) is 1. The number of nitrogens with zero attached hydrogens (tertiary/aromatic N) is 2. The molecule has 0 aromatic heterocycles. The molecule has 2 amide bonds. The molecule has 0 aliphatic carbocycles. The van der Waals surface area contributed by atoms with Gasteiger partial charge in [-0.1, -0.05) is 24.3 Å². The van der Waals surface area contributed by atoms with Crippen molar-refractivity contribution in [1.82, 2.24) is 9.80 Å². The summed E-state index contributed by atoms with van der Waals surface area (Å²) < 4.78 is 11.7. The third-order valence-corrected chi connectivity index (χ3v) is 5.11. The number of fused-ring (bicyclic) bond motifs is 1. The normalized spacial score (nSPS) is 18.2. The molecule has 0 bridgehead atoms. The lowest BCUT2D eigenvalue weighted by atomic mass is 10.1. The molecule has 0 spiro atoms. The van der Waals surface area contributed by atoms with Gasteiger partial charge in [-0.05, 0) is 36.2 Å². The van der Waals surface area contributed by atoms with Crippen molar-refractivity contribution in [2.45, 2.75) is 25.5 Å². The molecule has 2 aliphatic heterocycles. The molecule has 6 nitrogen and oxygen atoms in total. The molecule has 1 atom stereocenters. The van der Waals surface area contributed by atoms with Crippen molar-refractivity contribution in [2.75, 3.05) is 26.7 Å². The average molecular weight is 380 g/mol. The first-order valence-electron chi connectivity index (χ1n) is 9.61. The van der Waals surface area contributed by atoms with Crippen LogP contribution in [0.4, 0.5) is 0 Å². The summed E-state index contributed by atoms with van der Waals surface area (Å²) >= 11 is 0. The molecule has 146 valence electrons. The topological polar surface area (TPSA) is 59.1 Å². The number of para-hydroxylation sites is 2. The van der Waals surface area contributed by atoms with Crippen LogP contribution in [0.25, 0.3) is 0 Å². The summed E-state index contributed by atoms with van der Waals surface area (Å²) in [6, 6.07) is 15.0. The number of amides is 2. The summed E-state index contributed by atoms with van der Waals surface area (Å²) in [4.78, 5) is 28.2. The van der Waals surface area contributed by atoms with E-state index in [0.717, 1.165) is 24.3 Å². The highest BCUT2D eigenvalue weighted by atomic mass is 16.6. The Labute approximate surface area is 164 Å². The van der Waals surface area contributed by atoms with Crippen LogP contribution in [0.2, 0.25) is 0 Å². The van der Waals surface area contributed by atoms with Gasteiger partial charge in [-0.3, -0.25) is 9.59 Å².